The fourth-order valence-corrected chi connectivity index (χ4v) is 0.780. The Bertz CT molecular complexity index is 242. The number of carbonyl (C=O) groups excluding carboxylic acids is 1. The Morgan fingerprint density at radius 3 is 2.54 bits per heavy atom. The lowest BCUT2D eigenvalue weighted by molar-refractivity contribution is -0.137. The summed E-state index contributed by atoms with van der Waals surface area (Å²) in [6, 6.07) is 0. The van der Waals surface area contributed by atoms with Gasteiger partial charge in [-0.1, -0.05) is 24.8 Å². The third kappa shape index (κ3) is 5.12. The molecule has 0 aromatic carbocycles. The van der Waals surface area contributed by atoms with Crippen LogP contribution in [0.4, 0.5) is 0 Å². The zero-order chi connectivity index (χ0) is 10.3. The molecule has 0 radical (unpaired) electrons. The molecule has 0 aliphatic rings. The van der Waals surface area contributed by atoms with E-state index in [1.807, 2.05) is 22.6 Å². The van der Waals surface area contributed by atoms with Gasteiger partial charge in [0.1, 0.15) is 15.7 Å². The molecule has 0 heterocycles. The lowest BCUT2D eigenvalue weighted by atomic mass is 9.82. The Kier molecular flexibility index (Phi) is 5.77. The molecule has 0 aromatic rings. The summed E-state index contributed by atoms with van der Waals surface area (Å²) < 4.78 is 5.01. The van der Waals surface area contributed by atoms with Crippen LogP contribution in [0.25, 0.3) is 0 Å². The lowest BCUT2D eigenvalue weighted by Crippen LogP contribution is -2.18. The second-order valence-corrected chi connectivity index (χ2v) is 2.81. The van der Waals surface area contributed by atoms with Gasteiger partial charge < -0.3 is 4.74 Å². The smallest absolute Gasteiger partial charge is 0.336 e. The van der Waals surface area contributed by atoms with Crippen LogP contribution in [0.3, 0.4) is 0 Å². The third-order valence-corrected chi connectivity index (χ3v) is 1.22. The van der Waals surface area contributed by atoms with Crippen molar-refractivity contribution in [1.82, 2.24) is 0 Å². The summed E-state index contributed by atoms with van der Waals surface area (Å²) in [6.07, 6.45) is 6.69. The zero-order valence-corrected chi connectivity index (χ0v) is 8.41. The summed E-state index contributed by atoms with van der Waals surface area (Å²) in [5.74, 6) is -0.404. The molecule has 2 nitrogen and oxygen atoms in total. The van der Waals surface area contributed by atoms with Gasteiger partial charge in [0, 0.05) is 5.90 Å². The Hall–Kier alpha value is -1.18. The number of carbonyl (C=O) groups is 1. The van der Waals surface area contributed by atoms with Crippen molar-refractivity contribution in [3.05, 3.63) is 36.5 Å². The number of esters is 1. The van der Waals surface area contributed by atoms with Gasteiger partial charge in [0.2, 0.25) is 0 Å². The molecular formula is C9H14B2O2. The molecule has 0 saturated carbocycles. The minimum absolute atomic E-state index is 0.0917. The third-order valence-electron chi connectivity index (χ3n) is 1.22. The topological polar surface area (TPSA) is 26.3 Å². The molecule has 0 N–H and O–H groups in total. The SMILES string of the molecule is BC(B)OC(=O)C(/C=C\C)=C/C=C. The minimum atomic E-state index is -0.312. The van der Waals surface area contributed by atoms with Crippen molar-refractivity contribution in [3.63, 3.8) is 0 Å². The first-order chi connectivity index (χ1) is 6.11. The first kappa shape index (κ1) is 11.8. The molecule has 0 fully saturated rings. The van der Waals surface area contributed by atoms with Crippen LogP contribution in [0.1, 0.15) is 6.92 Å². The first-order valence-electron chi connectivity index (χ1n) is 4.28. The first-order valence-corrected chi connectivity index (χ1v) is 4.28. The predicted molar refractivity (Wildman–Crippen MR) is 60.1 cm³/mol. The summed E-state index contributed by atoms with van der Waals surface area (Å²) >= 11 is 0. The second-order valence-electron chi connectivity index (χ2n) is 2.81. The van der Waals surface area contributed by atoms with Crippen molar-refractivity contribution in [1.29, 1.82) is 0 Å². The molecule has 0 rings (SSSR count). The molecule has 4 heteroatoms. The van der Waals surface area contributed by atoms with E-state index < -0.39 is 0 Å². The average Bonchev–Trinajstić information content (AvgIpc) is 2.02. The molecule has 0 bridgehead atoms. The van der Waals surface area contributed by atoms with E-state index in [4.69, 9.17) is 4.74 Å². The van der Waals surface area contributed by atoms with Gasteiger partial charge in [-0.15, -0.1) is 0 Å². The maximum absolute atomic E-state index is 11.3. The summed E-state index contributed by atoms with van der Waals surface area (Å²) in [5.41, 5.74) is 0.520. The standard InChI is InChI=1S/C9H14B2O2/c1-3-5-7(6-4-2)8(12)13-9(10)11/h3-6,9H,1,10-11H2,2H3/b6-4-,7-5+. The molecule has 0 unspecified atom stereocenters. The van der Waals surface area contributed by atoms with E-state index in [9.17, 15) is 4.79 Å². The highest BCUT2D eigenvalue weighted by atomic mass is 16.5. The number of allylic oxidation sites excluding steroid dienone is 3. The number of hydrogen-bond donors (Lipinski definition) is 0. The van der Waals surface area contributed by atoms with Crippen LogP contribution < -0.4 is 0 Å². The van der Waals surface area contributed by atoms with Gasteiger partial charge >= 0.3 is 5.97 Å². The molecule has 0 aliphatic carbocycles. The summed E-state index contributed by atoms with van der Waals surface area (Å²) in [6.45, 7) is 5.37. The largest absolute Gasteiger partial charge is 0.478 e. The molecule has 0 amide bonds. The quantitative estimate of drug-likeness (QED) is 0.256. The van der Waals surface area contributed by atoms with Crippen molar-refractivity contribution in [2.24, 2.45) is 0 Å². The molecule has 13 heavy (non-hydrogen) atoms. The summed E-state index contributed by atoms with van der Waals surface area (Å²) in [4.78, 5) is 11.3. The van der Waals surface area contributed by atoms with Crippen molar-refractivity contribution < 1.29 is 9.53 Å². The average molecular weight is 176 g/mol. The van der Waals surface area contributed by atoms with E-state index >= 15 is 0 Å². The van der Waals surface area contributed by atoms with Gasteiger partial charge in [0.15, 0.2) is 0 Å². The molecule has 0 aliphatic heterocycles. The monoisotopic (exact) mass is 176 g/mol. The number of ether oxygens (including phenoxy) is 1. The Labute approximate surface area is 81.2 Å². The Balaban J connectivity index is 4.47. The Morgan fingerprint density at radius 1 is 1.54 bits per heavy atom. The maximum Gasteiger partial charge on any atom is 0.336 e. The highest BCUT2D eigenvalue weighted by Gasteiger charge is 2.08. The molecule has 0 atom stereocenters. The van der Waals surface area contributed by atoms with Gasteiger partial charge in [-0.2, -0.15) is 0 Å². The Morgan fingerprint density at radius 2 is 2.15 bits per heavy atom. The van der Waals surface area contributed by atoms with Gasteiger partial charge in [-0.3, -0.25) is 0 Å². The van der Waals surface area contributed by atoms with Crippen LogP contribution in [0, 0.1) is 0 Å². The van der Waals surface area contributed by atoms with Crippen molar-refractivity contribution >= 4 is 21.7 Å². The van der Waals surface area contributed by atoms with Crippen molar-refractivity contribution in [2.75, 3.05) is 0 Å². The van der Waals surface area contributed by atoms with E-state index in [1.165, 1.54) is 0 Å². The molecule has 68 valence electrons. The van der Waals surface area contributed by atoms with E-state index in [1.54, 1.807) is 24.3 Å². The maximum atomic E-state index is 11.3. The van der Waals surface area contributed by atoms with Crippen LogP contribution in [0.15, 0.2) is 36.5 Å². The highest BCUT2D eigenvalue weighted by molar-refractivity contribution is 6.35. The van der Waals surface area contributed by atoms with Crippen molar-refractivity contribution in [3.8, 4) is 0 Å². The van der Waals surface area contributed by atoms with Gasteiger partial charge in [0.25, 0.3) is 0 Å². The van der Waals surface area contributed by atoms with Crippen LogP contribution in [0.2, 0.25) is 0 Å². The second kappa shape index (κ2) is 6.35. The number of rotatable bonds is 4. The van der Waals surface area contributed by atoms with Crippen LogP contribution >= 0.6 is 0 Å². The van der Waals surface area contributed by atoms with E-state index in [0.29, 0.717) is 5.57 Å². The summed E-state index contributed by atoms with van der Waals surface area (Å²) in [5, 5.41) is 0. The van der Waals surface area contributed by atoms with E-state index in [0.717, 1.165) is 0 Å². The van der Waals surface area contributed by atoms with Crippen LogP contribution in [-0.2, 0) is 9.53 Å². The predicted octanol–water partition coefficient (Wildman–Crippen LogP) is -0.232. The van der Waals surface area contributed by atoms with Gasteiger partial charge in [-0.25, -0.2) is 4.79 Å². The number of hydrogen-bond acceptors (Lipinski definition) is 2. The zero-order valence-electron chi connectivity index (χ0n) is 8.41. The van der Waals surface area contributed by atoms with Gasteiger partial charge in [0.05, 0.1) is 5.57 Å². The fraction of sp³-hybridized carbons (Fsp3) is 0.222. The highest BCUT2D eigenvalue weighted by Crippen LogP contribution is 2.01. The normalized spacial score (nSPS) is 12.0. The van der Waals surface area contributed by atoms with E-state index in [-0.39, 0.29) is 11.9 Å². The summed E-state index contributed by atoms with van der Waals surface area (Å²) in [7, 11) is 3.64. The lowest BCUT2D eigenvalue weighted by Gasteiger charge is -2.07. The van der Waals surface area contributed by atoms with Crippen LogP contribution in [0.5, 0.6) is 0 Å². The fourth-order valence-electron chi connectivity index (χ4n) is 0.780. The van der Waals surface area contributed by atoms with Gasteiger partial charge in [-0.05, 0) is 13.0 Å². The van der Waals surface area contributed by atoms with E-state index in [2.05, 4.69) is 6.58 Å². The molecule has 0 spiro atoms. The molecule has 0 saturated heterocycles. The van der Waals surface area contributed by atoms with Crippen molar-refractivity contribution in [2.45, 2.75) is 12.8 Å². The minimum Gasteiger partial charge on any atom is -0.478 e. The van der Waals surface area contributed by atoms with Crippen LogP contribution in [-0.4, -0.2) is 27.6 Å². The molecule has 0 aromatic heterocycles. The molecular weight excluding hydrogens is 162 g/mol.